The van der Waals surface area contributed by atoms with Gasteiger partial charge in [-0.15, -0.1) is 0 Å². The largest absolute Gasteiger partial charge is 0.508 e. The Kier molecular flexibility index (Phi) is 8.89. The topological polar surface area (TPSA) is 73.9 Å². The fourth-order valence-electron chi connectivity index (χ4n) is 1.56. The van der Waals surface area contributed by atoms with Crippen LogP contribution in [0.2, 0.25) is 0 Å². The number of halogens is 3. The molecule has 0 spiro atoms. The van der Waals surface area contributed by atoms with Gasteiger partial charge >= 0.3 is 6.16 Å². The van der Waals surface area contributed by atoms with Crippen LogP contribution in [0.1, 0.15) is 13.8 Å². The molecule has 1 heterocycles. The van der Waals surface area contributed by atoms with Crippen molar-refractivity contribution in [3.05, 3.63) is 0 Å². The van der Waals surface area contributed by atoms with E-state index in [1.165, 1.54) is 23.8 Å². The molecule has 0 aromatic heterocycles. The Bertz CT molecular complexity index is 463. The molecule has 0 radical (unpaired) electrons. The summed E-state index contributed by atoms with van der Waals surface area (Å²) in [5.41, 5.74) is 0. The Balaban J connectivity index is 2.44. The zero-order chi connectivity index (χ0) is 17.6. The molecule has 1 aliphatic rings. The Hall–Kier alpha value is 0.200. The van der Waals surface area contributed by atoms with Gasteiger partial charge in [0.05, 0.1) is 17.4 Å². The van der Waals surface area contributed by atoms with Crippen molar-refractivity contribution in [1.82, 2.24) is 5.32 Å². The molecule has 1 N–H and O–H groups in total. The second-order valence-corrected chi connectivity index (χ2v) is 9.53. The predicted molar refractivity (Wildman–Crippen MR) is 97.0 cm³/mol. The maximum atomic E-state index is 11.7. The maximum Gasteiger partial charge on any atom is 0.508 e. The van der Waals surface area contributed by atoms with Crippen molar-refractivity contribution in [1.29, 1.82) is 0 Å². The smallest absolute Gasteiger partial charge is 0.430 e. The Morgan fingerprint density at radius 1 is 1.48 bits per heavy atom. The Morgan fingerprint density at radius 3 is 2.65 bits per heavy atom. The van der Waals surface area contributed by atoms with E-state index < -0.39 is 28.6 Å². The first-order chi connectivity index (χ1) is 10.6. The van der Waals surface area contributed by atoms with Crippen LogP contribution in [0.5, 0.6) is 0 Å². The second-order valence-electron chi connectivity index (χ2n) is 4.29. The fraction of sp³-hybridized carbons (Fsp3) is 0.727. The molecule has 23 heavy (non-hydrogen) atoms. The van der Waals surface area contributed by atoms with Crippen LogP contribution in [0.15, 0.2) is 0 Å². The number of β-lactam (4-membered cyclic amide) rings is 1. The first-order valence-corrected chi connectivity index (χ1v) is 9.68. The quantitative estimate of drug-likeness (QED) is 0.220. The highest BCUT2D eigenvalue weighted by Gasteiger charge is 2.46. The lowest BCUT2D eigenvalue weighted by Crippen LogP contribution is -2.61. The van der Waals surface area contributed by atoms with Gasteiger partial charge in [0.1, 0.15) is 18.6 Å². The highest BCUT2D eigenvalue weighted by molar-refractivity contribution is 8.23. The van der Waals surface area contributed by atoms with Crippen molar-refractivity contribution in [3.8, 4) is 0 Å². The standard InChI is InChI=1S/C11H14Cl3NO5S3/c1-3-22-20-10(21)23-8-6(7(16)15-8)5(2)19-9(17)18-4-11(12,13)14/h5-6,8H,3-4H2,1-2H3,(H,15,16)/t5?,6-,8+/m0/s1. The molecule has 0 saturated carbocycles. The third-order valence-electron chi connectivity index (χ3n) is 2.52. The molecule has 12 heteroatoms. The highest BCUT2D eigenvalue weighted by atomic mass is 35.6. The third-order valence-corrected chi connectivity index (χ3v) is 4.89. The van der Waals surface area contributed by atoms with Gasteiger partial charge in [-0.25, -0.2) is 4.79 Å². The predicted octanol–water partition coefficient (Wildman–Crippen LogP) is 3.67. The lowest BCUT2D eigenvalue weighted by atomic mass is 9.96. The van der Waals surface area contributed by atoms with Crippen LogP contribution in [-0.4, -0.2) is 44.1 Å². The van der Waals surface area contributed by atoms with Gasteiger partial charge in [-0.1, -0.05) is 41.7 Å². The number of alkyl halides is 3. The van der Waals surface area contributed by atoms with Crippen LogP contribution in [0.25, 0.3) is 0 Å². The van der Waals surface area contributed by atoms with E-state index in [2.05, 4.69) is 10.1 Å². The Labute approximate surface area is 162 Å². The summed E-state index contributed by atoms with van der Waals surface area (Å²) in [4.78, 5) is 23.2. The van der Waals surface area contributed by atoms with Gasteiger partial charge in [0.25, 0.3) is 0 Å². The average Bonchev–Trinajstić information content (AvgIpc) is 2.41. The van der Waals surface area contributed by atoms with Crippen molar-refractivity contribution in [3.63, 3.8) is 0 Å². The SMILES string of the molecule is CCSOC(=S)S[C@H]1NC(=O)[C@@H]1C(C)OC(=O)OCC(Cl)(Cl)Cl. The zero-order valence-corrected chi connectivity index (χ0v) is 16.8. The zero-order valence-electron chi connectivity index (χ0n) is 12.0. The number of nitrogens with one attached hydrogen (secondary N) is 1. The highest BCUT2D eigenvalue weighted by Crippen LogP contribution is 2.32. The monoisotopic (exact) mass is 441 g/mol. The van der Waals surface area contributed by atoms with E-state index in [1.807, 2.05) is 6.92 Å². The van der Waals surface area contributed by atoms with E-state index >= 15 is 0 Å². The number of hydrogen-bond donors (Lipinski definition) is 1. The van der Waals surface area contributed by atoms with E-state index in [4.69, 9.17) is 55.9 Å². The summed E-state index contributed by atoms with van der Waals surface area (Å²) in [5.74, 6) is -0.0842. The van der Waals surface area contributed by atoms with Crippen molar-refractivity contribution < 1.29 is 23.2 Å². The lowest BCUT2D eigenvalue weighted by Gasteiger charge is -2.38. The average molecular weight is 443 g/mol. The molecule has 1 saturated heterocycles. The van der Waals surface area contributed by atoms with Crippen LogP contribution in [-0.2, 0) is 18.5 Å². The van der Waals surface area contributed by atoms with Gasteiger partial charge in [0.2, 0.25) is 14.1 Å². The first kappa shape index (κ1) is 21.2. The van der Waals surface area contributed by atoms with E-state index in [0.29, 0.717) is 0 Å². The summed E-state index contributed by atoms with van der Waals surface area (Å²) in [6.07, 6.45) is -1.75. The number of amides is 1. The summed E-state index contributed by atoms with van der Waals surface area (Å²) in [6, 6.07) is 0. The van der Waals surface area contributed by atoms with Gasteiger partial charge in [0, 0.05) is 5.75 Å². The van der Waals surface area contributed by atoms with Crippen molar-refractivity contribution in [2.75, 3.05) is 12.4 Å². The van der Waals surface area contributed by atoms with Crippen molar-refractivity contribution >= 4 is 87.3 Å². The molecular formula is C11H14Cl3NO5S3. The molecule has 0 aliphatic carbocycles. The molecule has 1 unspecified atom stereocenters. The van der Waals surface area contributed by atoms with Crippen LogP contribution in [0.4, 0.5) is 4.79 Å². The van der Waals surface area contributed by atoms with Gasteiger partial charge in [-0.05, 0) is 30.9 Å². The first-order valence-electron chi connectivity index (χ1n) is 6.34. The number of carbonyl (C=O) groups is 2. The van der Waals surface area contributed by atoms with Crippen molar-refractivity contribution in [2.24, 2.45) is 5.92 Å². The number of thiocarbonyl (C=S) groups is 1. The molecule has 1 rings (SSSR count). The van der Waals surface area contributed by atoms with Crippen LogP contribution >= 0.6 is 70.8 Å². The molecule has 1 aliphatic heterocycles. The molecule has 1 fully saturated rings. The molecule has 0 bridgehead atoms. The third kappa shape index (κ3) is 7.74. The van der Waals surface area contributed by atoms with Gasteiger partial charge in [0.15, 0.2) is 0 Å². The molecular weight excluding hydrogens is 429 g/mol. The summed E-state index contributed by atoms with van der Waals surface area (Å²) in [7, 11) is 0. The summed E-state index contributed by atoms with van der Waals surface area (Å²) in [5, 5.41) is 2.32. The number of ether oxygens (including phenoxy) is 2. The van der Waals surface area contributed by atoms with Crippen LogP contribution in [0, 0.1) is 5.92 Å². The summed E-state index contributed by atoms with van der Waals surface area (Å²) in [6.45, 7) is 3.04. The number of hydrogen-bond acceptors (Lipinski definition) is 8. The van der Waals surface area contributed by atoms with Crippen LogP contribution < -0.4 is 5.32 Å². The Morgan fingerprint density at radius 2 is 2.13 bits per heavy atom. The maximum absolute atomic E-state index is 11.7. The number of thioether (sulfide) groups is 1. The number of carbonyl (C=O) groups excluding carboxylic acids is 2. The van der Waals surface area contributed by atoms with Crippen LogP contribution in [0.3, 0.4) is 0 Å². The molecule has 132 valence electrons. The summed E-state index contributed by atoms with van der Waals surface area (Å²) >= 11 is 23.8. The van der Waals surface area contributed by atoms with E-state index in [9.17, 15) is 9.59 Å². The molecule has 0 aromatic rings. The fourth-order valence-corrected chi connectivity index (χ4v) is 3.57. The number of rotatable bonds is 6. The minimum absolute atomic E-state index is 0.255. The lowest BCUT2D eigenvalue weighted by molar-refractivity contribution is -0.137. The van der Waals surface area contributed by atoms with E-state index in [0.717, 1.165) is 5.75 Å². The molecule has 1 amide bonds. The normalized spacial score (nSPS) is 21.7. The van der Waals surface area contributed by atoms with Gasteiger partial charge < -0.3 is 19.0 Å². The van der Waals surface area contributed by atoms with Crippen molar-refractivity contribution in [2.45, 2.75) is 29.1 Å². The minimum Gasteiger partial charge on any atom is -0.430 e. The molecule has 0 aromatic carbocycles. The minimum atomic E-state index is -1.73. The molecule has 6 nitrogen and oxygen atoms in total. The summed E-state index contributed by atoms with van der Waals surface area (Å²) < 4.78 is 13.4. The molecule has 3 atom stereocenters. The van der Waals surface area contributed by atoms with E-state index in [-0.39, 0.29) is 15.7 Å². The van der Waals surface area contributed by atoms with E-state index in [1.54, 1.807) is 6.92 Å². The van der Waals surface area contributed by atoms with Gasteiger partial charge in [-0.3, -0.25) is 4.79 Å². The van der Waals surface area contributed by atoms with Gasteiger partial charge in [-0.2, -0.15) is 0 Å². The second kappa shape index (κ2) is 9.62.